The van der Waals surface area contributed by atoms with Gasteiger partial charge in [-0.25, -0.2) is 18.4 Å². The molecule has 2 aromatic rings. The average molecular weight is 395 g/mol. The molecule has 1 saturated heterocycles. The number of benzene rings is 2. The summed E-state index contributed by atoms with van der Waals surface area (Å²) < 4.78 is 22.5. The number of anilines is 2. The highest BCUT2D eigenvalue weighted by Gasteiger charge is 2.22. The molecule has 7 nitrogen and oxygen atoms in total. The van der Waals surface area contributed by atoms with E-state index in [-0.39, 0.29) is 10.9 Å². The summed E-state index contributed by atoms with van der Waals surface area (Å²) in [5.74, 6) is 0. The number of nitrogens with two attached hydrogens (primary N) is 1. The van der Waals surface area contributed by atoms with E-state index in [0.29, 0.717) is 36.9 Å². The minimum Gasteiger partial charge on any atom is -0.367 e. The van der Waals surface area contributed by atoms with E-state index in [0.717, 1.165) is 5.69 Å². The second-order valence-electron chi connectivity index (χ2n) is 5.93. The van der Waals surface area contributed by atoms with Crippen molar-refractivity contribution in [3.8, 4) is 0 Å². The van der Waals surface area contributed by atoms with E-state index in [4.69, 9.17) is 16.7 Å². The quantitative estimate of drug-likeness (QED) is 0.835. The molecule has 0 aromatic heterocycles. The second kappa shape index (κ2) is 7.53. The van der Waals surface area contributed by atoms with Gasteiger partial charge < -0.3 is 15.1 Å². The predicted octanol–water partition coefficient (Wildman–Crippen LogP) is 2.34. The fraction of sp³-hybridized carbons (Fsp3) is 0.235. The molecule has 0 atom stereocenters. The molecular formula is C17H19ClN4O3S. The number of rotatable bonds is 3. The maximum Gasteiger partial charge on any atom is 0.321 e. The maximum absolute atomic E-state index is 12.4. The third-order valence-corrected chi connectivity index (χ3v) is 5.44. The SMILES string of the molecule is NS(=O)(=O)c1ccc(NC(=O)N2CCN(c3ccccc3Cl)CC2)cc1. The topological polar surface area (TPSA) is 95.7 Å². The number of halogens is 1. The number of nitrogens with one attached hydrogen (secondary N) is 1. The van der Waals surface area contributed by atoms with Gasteiger partial charge in [0.2, 0.25) is 10.0 Å². The Labute approximate surface area is 157 Å². The van der Waals surface area contributed by atoms with Crippen LogP contribution >= 0.6 is 11.6 Å². The molecule has 1 aliphatic heterocycles. The van der Waals surface area contributed by atoms with Crippen molar-refractivity contribution in [2.24, 2.45) is 5.14 Å². The zero-order valence-electron chi connectivity index (χ0n) is 13.9. The minimum absolute atomic E-state index is 0.00357. The number of nitrogens with zero attached hydrogens (tertiary/aromatic N) is 2. The van der Waals surface area contributed by atoms with Gasteiger partial charge in [-0.1, -0.05) is 23.7 Å². The van der Waals surface area contributed by atoms with Crippen LogP contribution in [0.25, 0.3) is 0 Å². The van der Waals surface area contributed by atoms with Gasteiger partial charge in [-0.15, -0.1) is 0 Å². The molecule has 3 rings (SSSR count). The van der Waals surface area contributed by atoms with Crippen molar-refractivity contribution < 1.29 is 13.2 Å². The first-order valence-electron chi connectivity index (χ1n) is 8.03. The number of hydrogen-bond donors (Lipinski definition) is 2. The van der Waals surface area contributed by atoms with E-state index < -0.39 is 10.0 Å². The highest BCUT2D eigenvalue weighted by molar-refractivity contribution is 7.89. The van der Waals surface area contributed by atoms with E-state index in [1.807, 2.05) is 24.3 Å². The van der Waals surface area contributed by atoms with Crippen molar-refractivity contribution in [2.75, 3.05) is 36.4 Å². The smallest absolute Gasteiger partial charge is 0.321 e. The molecule has 1 heterocycles. The summed E-state index contributed by atoms with van der Waals surface area (Å²) in [5, 5.41) is 8.52. The molecule has 2 aromatic carbocycles. The third-order valence-electron chi connectivity index (χ3n) is 4.19. The Morgan fingerprint density at radius 2 is 1.62 bits per heavy atom. The van der Waals surface area contributed by atoms with Crippen molar-refractivity contribution in [2.45, 2.75) is 4.90 Å². The molecule has 0 spiro atoms. The van der Waals surface area contributed by atoms with Crippen molar-refractivity contribution >= 4 is 39.0 Å². The van der Waals surface area contributed by atoms with Gasteiger partial charge in [-0.2, -0.15) is 0 Å². The average Bonchev–Trinajstić information content (AvgIpc) is 2.62. The summed E-state index contributed by atoms with van der Waals surface area (Å²) in [6.45, 7) is 2.49. The Morgan fingerprint density at radius 1 is 1.00 bits per heavy atom. The fourth-order valence-corrected chi connectivity index (χ4v) is 3.56. The number of carbonyl (C=O) groups is 1. The van der Waals surface area contributed by atoms with Crippen LogP contribution < -0.4 is 15.4 Å². The number of sulfonamides is 1. The molecule has 0 saturated carbocycles. The first-order valence-corrected chi connectivity index (χ1v) is 9.95. The lowest BCUT2D eigenvalue weighted by atomic mass is 10.2. The fourth-order valence-electron chi connectivity index (χ4n) is 2.79. The standard InChI is InChI=1S/C17H19ClN4O3S/c18-15-3-1-2-4-16(15)21-9-11-22(12-10-21)17(23)20-13-5-7-14(8-6-13)26(19,24)25/h1-8H,9-12H2,(H,20,23)(H2,19,24,25). The molecule has 0 unspecified atom stereocenters. The lowest BCUT2D eigenvalue weighted by Gasteiger charge is -2.36. The summed E-state index contributed by atoms with van der Waals surface area (Å²) in [4.78, 5) is 16.2. The van der Waals surface area contributed by atoms with Crippen molar-refractivity contribution in [1.82, 2.24) is 4.90 Å². The van der Waals surface area contributed by atoms with Gasteiger partial charge in [0.25, 0.3) is 0 Å². The molecular weight excluding hydrogens is 376 g/mol. The first kappa shape index (κ1) is 18.5. The molecule has 1 fully saturated rings. The maximum atomic E-state index is 12.4. The molecule has 1 aliphatic rings. The van der Waals surface area contributed by atoms with Gasteiger partial charge in [0.1, 0.15) is 0 Å². The number of urea groups is 1. The van der Waals surface area contributed by atoms with Crippen LogP contribution in [0, 0.1) is 0 Å². The highest BCUT2D eigenvalue weighted by Crippen LogP contribution is 2.26. The molecule has 2 amide bonds. The molecule has 3 N–H and O–H groups in total. The molecule has 0 aliphatic carbocycles. The number of piperazine rings is 1. The monoisotopic (exact) mass is 394 g/mol. The van der Waals surface area contributed by atoms with Gasteiger partial charge in [-0.3, -0.25) is 0 Å². The second-order valence-corrected chi connectivity index (χ2v) is 7.89. The van der Waals surface area contributed by atoms with E-state index in [2.05, 4.69) is 10.2 Å². The van der Waals surface area contributed by atoms with Crippen LogP contribution in [-0.4, -0.2) is 45.5 Å². The Kier molecular flexibility index (Phi) is 5.36. The van der Waals surface area contributed by atoms with Crippen LogP contribution in [0.15, 0.2) is 53.4 Å². The molecule has 0 bridgehead atoms. The van der Waals surface area contributed by atoms with Crippen molar-refractivity contribution in [1.29, 1.82) is 0 Å². The first-order chi connectivity index (χ1) is 12.3. The predicted molar refractivity (Wildman–Crippen MR) is 102 cm³/mol. The summed E-state index contributed by atoms with van der Waals surface area (Å²) in [7, 11) is -3.74. The summed E-state index contributed by atoms with van der Waals surface area (Å²) >= 11 is 6.22. The van der Waals surface area contributed by atoms with Crippen molar-refractivity contribution in [3.63, 3.8) is 0 Å². The zero-order valence-corrected chi connectivity index (χ0v) is 15.5. The van der Waals surface area contributed by atoms with Gasteiger partial charge in [0.15, 0.2) is 0 Å². The summed E-state index contributed by atoms with van der Waals surface area (Å²) in [6, 6.07) is 13.1. The van der Waals surface area contributed by atoms with Gasteiger partial charge in [0.05, 0.1) is 15.6 Å². The van der Waals surface area contributed by atoms with Crippen LogP contribution in [0.3, 0.4) is 0 Å². The lowest BCUT2D eigenvalue weighted by molar-refractivity contribution is 0.208. The van der Waals surface area contributed by atoms with E-state index in [1.165, 1.54) is 24.3 Å². The number of hydrogen-bond acceptors (Lipinski definition) is 4. The minimum atomic E-state index is -3.74. The van der Waals surface area contributed by atoms with Gasteiger partial charge in [0, 0.05) is 31.9 Å². The Balaban J connectivity index is 1.58. The molecule has 138 valence electrons. The molecule has 9 heteroatoms. The zero-order chi connectivity index (χ0) is 18.7. The van der Waals surface area contributed by atoms with E-state index >= 15 is 0 Å². The van der Waals surface area contributed by atoms with Gasteiger partial charge >= 0.3 is 6.03 Å². The molecule has 0 radical (unpaired) electrons. The van der Waals surface area contributed by atoms with E-state index in [9.17, 15) is 13.2 Å². The number of carbonyl (C=O) groups excluding carboxylic acids is 1. The Hall–Kier alpha value is -2.29. The van der Waals surface area contributed by atoms with Crippen LogP contribution in [0.5, 0.6) is 0 Å². The highest BCUT2D eigenvalue weighted by atomic mass is 35.5. The number of para-hydroxylation sites is 1. The summed E-state index contributed by atoms with van der Waals surface area (Å²) in [5.41, 5.74) is 1.48. The van der Waals surface area contributed by atoms with Gasteiger partial charge in [-0.05, 0) is 36.4 Å². The number of primary sulfonamides is 1. The van der Waals surface area contributed by atoms with Crippen LogP contribution in [0.4, 0.5) is 16.2 Å². The van der Waals surface area contributed by atoms with Crippen LogP contribution in [0.2, 0.25) is 5.02 Å². The van der Waals surface area contributed by atoms with Crippen molar-refractivity contribution in [3.05, 3.63) is 53.6 Å². The largest absolute Gasteiger partial charge is 0.367 e. The van der Waals surface area contributed by atoms with Crippen LogP contribution in [0.1, 0.15) is 0 Å². The summed E-state index contributed by atoms with van der Waals surface area (Å²) in [6.07, 6.45) is 0. The Bertz CT molecular complexity index is 894. The lowest BCUT2D eigenvalue weighted by Crippen LogP contribution is -2.50. The third kappa shape index (κ3) is 4.27. The normalized spacial score (nSPS) is 15.0. The van der Waals surface area contributed by atoms with E-state index in [1.54, 1.807) is 4.90 Å². The number of amides is 2. The molecule has 26 heavy (non-hydrogen) atoms. The Morgan fingerprint density at radius 3 is 2.19 bits per heavy atom. The van der Waals surface area contributed by atoms with Crippen LogP contribution in [-0.2, 0) is 10.0 Å².